The Morgan fingerprint density at radius 3 is 2.62 bits per heavy atom. The summed E-state index contributed by atoms with van der Waals surface area (Å²) in [5.74, 6) is 2.37. The van der Waals surface area contributed by atoms with E-state index in [0.717, 1.165) is 25.4 Å². The van der Waals surface area contributed by atoms with Gasteiger partial charge in [-0.1, -0.05) is 45.9 Å². The Morgan fingerprint density at radius 2 is 1.95 bits per heavy atom. The zero-order valence-electron chi connectivity index (χ0n) is 14.1. The van der Waals surface area contributed by atoms with Crippen molar-refractivity contribution in [1.29, 1.82) is 0 Å². The lowest BCUT2D eigenvalue weighted by atomic mass is 9.73. The van der Waals surface area contributed by atoms with E-state index in [1.807, 2.05) is 0 Å². The van der Waals surface area contributed by atoms with Gasteiger partial charge in [-0.15, -0.1) is 0 Å². The maximum atomic E-state index is 5.87. The molecule has 0 saturated heterocycles. The summed E-state index contributed by atoms with van der Waals surface area (Å²) < 4.78 is 5.87. The number of ether oxygens (including phenoxy) is 1. The van der Waals surface area contributed by atoms with Crippen molar-refractivity contribution < 1.29 is 4.74 Å². The van der Waals surface area contributed by atoms with E-state index < -0.39 is 0 Å². The van der Waals surface area contributed by atoms with E-state index in [9.17, 15) is 0 Å². The van der Waals surface area contributed by atoms with Crippen molar-refractivity contribution >= 4 is 0 Å². The molecule has 1 aromatic rings. The Labute approximate surface area is 130 Å². The monoisotopic (exact) mass is 289 g/mol. The molecular weight excluding hydrogens is 258 g/mol. The van der Waals surface area contributed by atoms with Gasteiger partial charge in [-0.3, -0.25) is 0 Å². The molecule has 0 saturated carbocycles. The topological polar surface area (TPSA) is 21.3 Å². The average molecular weight is 289 g/mol. The first kappa shape index (κ1) is 16.4. The summed E-state index contributed by atoms with van der Waals surface area (Å²) in [7, 11) is 0. The van der Waals surface area contributed by atoms with E-state index in [1.165, 1.54) is 24.8 Å². The van der Waals surface area contributed by atoms with Crippen LogP contribution in [0.5, 0.6) is 5.75 Å². The van der Waals surface area contributed by atoms with Crippen LogP contribution < -0.4 is 10.1 Å². The van der Waals surface area contributed by atoms with Gasteiger partial charge in [0.05, 0.1) is 6.61 Å². The maximum Gasteiger partial charge on any atom is 0.122 e. The average Bonchev–Trinajstić information content (AvgIpc) is 2.89. The highest BCUT2D eigenvalue weighted by Gasteiger charge is 2.34. The van der Waals surface area contributed by atoms with E-state index in [2.05, 4.69) is 57.3 Å². The number of benzene rings is 1. The number of hydrogen-bond acceptors (Lipinski definition) is 2. The van der Waals surface area contributed by atoms with Crippen LogP contribution in [0.2, 0.25) is 0 Å². The fraction of sp³-hybridized carbons (Fsp3) is 0.684. The maximum absolute atomic E-state index is 5.87. The van der Waals surface area contributed by atoms with Gasteiger partial charge in [0.15, 0.2) is 0 Å². The number of fused-ring (bicyclic) bond motifs is 1. The standard InChI is InChI=1S/C19H31NO/c1-5-19(6-2,14-20-12-15(3)4)11-16-13-21-18-10-8-7-9-17(16)18/h7-10,15-16,20H,5-6,11-14H2,1-4H3. The molecule has 2 rings (SSSR count). The van der Waals surface area contributed by atoms with Gasteiger partial charge in [-0.05, 0) is 43.2 Å². The summed E-state index contributed by atoms with van der Waals surface area (Å²) in [6.07, 6.45) is 3.68. The van der Waals surface area contributed by atoms with E-state index in [0.29, 0.717) is 17.3 Å². The predicted octanol–water partition coefficient (Wildman–Crippen LogP) is 4.60. The molecule has 0 aliphatic carbocycles. The molecule has 0 spiro atoms. The highest BCUT2D eigenvalue weighted by atomic mass is 16.5. The van der Waals surface area contributed by atoms with Crippen LogP contribution >= 0.6 is 0 Å². The molecule has 1 aliphatic heterocycles. The van der Waals surface area contributed by atoms with Crippen LogP contribution in [-0.4, -0.2) is 19.7 Å². The van der Waals surface area contributed by atoms with Gasteiger partial charge >= 0.3 is 0 Å². The van der Waals surface area contributed by atoms with Crippen molar-refractivity contribution in [2.45, 2.75) is 52.9 Å². The molecule has 0 radical (unpaired) electrons. The minimum absolute atomic E-state index is 0.389. The van der Waals surface area contributed by atoms with Crippen LogP contribution in [0, 0.1) is 11.3 Å². The van der Waals surface area contributed by atoms with Crippen molar-refractivity contribution in [1.82, 2.24) is 5.32 Å². The van der Waals surface area contributed by atoms with Crippen molar-refractivity contribution in [2.75, 3.05) is 19.7 Å². The molecule has 0 bridgehead atoms. The van der Waals surface area contributed by atoms with Gasteiger partial charge in [0.2, 0.25) is 0 Å². The summed E-state index contributed by atoms with van der Waals surface area (Å²) in [6.45, 7) is 12.3. The summed E-state index contributed by atoms with van der Waals surface area (Å²) in [6, 6.07) is 8.55. The molecule has 0 fully saturated rings. The second kappa shape index (κ2) is 7.31. The number of para-hydroxylation sites is 1. The van der Waals surface area contributed by atoms with Gasteiger partial charge in [-0.2, -0.15) is 0 Å². The van der Waals surface area contributed by atoms with Gasteiger partial charge in [0.1, 0.15) is 5.75 Å². The third-order valence-corrected chi connectivity index (χ3v) is 5.03. The highest BCUT2D eigenvalue weighted by Crippen LogP contribution is 2.43. The molecule has 21 heavy (non-hydrogen) atoms. The summed E-state index contributed by atoms with van der Waals surface area (Å²) >= 11 is 0. The largest absolute Gasteiger partial charge is 0.493 e. The van der Waals surface area contributed by atoms with Crippen molar-refractivity contribution in [3.05, 3.63) is 29.8 Å². The van der Waals surface area contributed by atoms with E-state index >= 15 is 0 Å². The lowest BCUT2D eigenvalue weighted by Gasteiger charge is -2.34. The Morgan fingerprint density at radius 1 is 1.24 bits per heavy atom. The van der Waals surface area contributed by atoms with Crippen LogP contribution in [0.4, 0.5) is 0 Å². The number of nitrogens with one attached hydrogen (secondary N) is 1. The Kier molecular flexibility index (Phi) is 5.69. The minimum Gasteiger partial charge on any atom is -0.493 e. The first-order valence-electron chi connectivity index (χ1n) is 8.52. The third kappa shape index (κ3) is 4.00. The predicted molar refractivity (Wildman–Crippen MR) is 90.0 cm³/mol. The Balaban J connectivity index is 2.03. The Bertz CT molecular complexity index is 437. The second-order valence-electron chi connectivity index (χ2n) is 6.98. The molecule has 1 aliphatic rings. The first-order valence-corrected chi connectivity index (χ1v) is 8.52. The Hall–Kier alpha value is -1.02. The molecule has 1 heterocycles. The van der Waals surface area contributed by atoms with E-state index in [4.69, 9.17) is 4.74 Å². The van der Waals surface area contributed by atoms with Gasteiger partial charge < -0.3 is 10.1 Å². The van der Waals surface area contributed by atoms with Crippen LogP contribution in [0.25, 0.3) is 0 Å². The molecule has 0 aromatic heterocycles. The smallest absolute Gasteiger partial charge is 0.122 e. The summed E-state index contributed by atoms with van der Waals surface area (Å²) in [4.78, 5) is 0. The number of hydrogen-bond donors (Lipinski definition) is 1. The van der Waals surface area contributed by atoms with Crippen LogP contribution in [0.15, 0.2) is 24.3 Å². The molecule has 2 nitrogen and oxygen atoms in total. The van der Waals surface area contributed by atoms with Crippen LogP contribution in [-0.2, 0) is 0 Å². The van der Waals surface area contributed by atoms with Crippen LogP contribution in [0.1, 0.15) is 58.4 Å². The first-order chi connectivity index (χ1) is 10.1. The molecule has 1 atom stereocenters. The molecular formula is C19H31NO. The lowest BCUT2D eigenvalue weighted by molar-refractivity contribution is 0.192. The fourth-order valence-electron chi connectivity index (χ4n) is 3.41. The second-order valence-corrected chi connectivity index (χ2v) is 6.98. The van der Waals surface area contributed by atoms with E-state index in [1.54, 1.807) is 0 Å². The van der Waals surface area contributed by atoms with Gasteiger partial charge in [-0.25, -0.2) is 0 Å². The van der Waals surface area contributed by atoms with Crippen molar-refractivity contribution in [3.8, 4) is 5.75 Å². The quantitative estimate of drug-likeness (QED) is 0.755. The molecule has 1 N–H and O–H groups in total. The molecule has 0 amide bonds. The molecule has 2 heteroatoms. The normalized spacial score (nSPS) is 17.9. The van der Waals surface area contributed by atoms with E-state index in [-0.39, 0.29) is 0 Å². The van der Waals surface area contributed by atoms with Gasteiger partial charge in [0.25, 0.3) is 0 Å². The van der Waals surface area contributed by atoms with Gasteiger partial charge in [0, 0.05) is 18.0 Å². The van der Waals surface area contributed by atoms with Crippen molar-refractivity contribution in [3.63, 3.8) is 0 Å². The third-order valence-electron chi connectivity index (χ3n) is 5.03. The lowest BCUT2D eigenvalue weighted by Crippen LogP contribution is -2.36. The zero-order chi connectivity index (χ0) is 15.3. The molecule has 1 aromatic carbocycles. The van der Waals surface area contributed by atoms with Crippen LogP contribution in [0.3, 0.4) is 0 Å². The fourth-order valence-corrected chi connectivity index (χ4v) is 3.41. The molecule has 1 unspecified atom stereocenters. The number of rotatable bonds is 8. The minimum atomic E-state index is 0.389. The zero-order valence-corrected chi connectivity index (χ0v) is 14.1. The highest BCUT2D eigenvalue weighted by molar-refractivity contribution is 5.39. The summed E-state index contributed by atoms with van der Waals surface area (Å²) in [5, 5.41) is 3.68. The SMILES string of the molecule is CCC(CC)(CNCC(C)C)CC1COc2ccccc21. The van der Waals surface area contributed by atoms with Crippen molar-refractivity contribution in [2.24, 2.45) is 11.3 Å². The molecule has 118 valence electrons. The summed E-state index contributed by atoms with van der Waals surface area (Å²) in [5.41, 5.74) is 1.80.